The zero-order valence-electron chi connectivity index (χ0n) is 13.6. The first kappa shape index (κ1) is 19.2. The first-order chi connectivity index (χ1) is 10.6. The second-order valence-electron chi connectivity index (χ2n) is 5.59. The molecule has 0 saturated carbocycles. The lowest BCUT2D eigenvalue weighted by Gasteiger charge is -2.20. The maximum Gasteiger partial charge on any atom is 0.292 e. The highest BCUT2D eigenvalue weighted by molar-refractivity contribution is 5.91. The molecule has 2 aromatic rings. The fourth-order valence-electron chi connectivity index (χ4n) is 2.20. The van der Waals surface area contributed by atoms with E-state index in [1.54, 1.807) is 11.0 Å². The van der Waals surface area contributed by atoms with Crippen molar-refractivity contribution in [2.24, 2.45) is 5.73 Å². The molecule has 1 aromatic heterocycles. The average molecular weight is 338 g/mol. The van der Waals surface area contributed by atoms with E-state index >= 15 is 0 Å². The molecule has 23 heavy (non-hydrogen) atoms. The van der Waals surface area contributed by atoms with E-state index < -0.39 is 0 Å². The molecule has 0 atom stereocenters. The van der Waals surface area contributed by atoms with E-state index in [9.17, 15) is 4.79 Å². The maximum absolute atomic E-state index is 12.5. The maximum atomic E-state index is 12.5. The fourth-order valence-corrected chi connectivity index (χ4v) is 2.20. The molecule has 0 unspecified atom stereocenters. The number of benzene rings is 1. The summed E-state index contributed by atoms with van der Waals surface area (Å²) in [4.78, 5) is 14.2. The fraction of sp³-hybridized carbons (Fsp3) is 0.412. The summed E-state index contributed by atoms with van der Waals surface area (Å²) >= 11 is 0. The Balaban J connectivity index is 0.00000264. The van der Waals surface area contributed by atoms with Gasteiger partial charge in [-0.15, -0.1) is 12.4 Å². The van der Waals surface area contributed by atoms with Crippen LogP contribution in [0.4, 0.5) is 0 Å². The Hall–Kier alpha value is -1.85. The van der Waals surface area contributed by atoms with Crippen LogP contribution < -0.4 is 5.73 Å². The Morgan fingerprint density at radius 2 is 1.96 bits per heavy atom. The Kier molecular flexibility index (Phi) is 7.78. The molecule has 2 rings (SSSR count). The second kappa shape index (κ2) is 9.33. The number of halogens is 1. The Bertz CT molecular complexity index is 599. The molecular weight excluding hydrogens is 314 g/mol. The minimum absolute atomic E-state index is 0. The second-order valence-corrected chi connectivity index (χ2v) is 5.59. The lowest BCUT2D eigenvalue weighted by molar-refractivity contribution is 0.0720. The van der Waals surface area contributed by atoms with Crippen LogP contribution in [0.3, 0.4) is 0 Å². The molecule has 126 valence electrons. The highest BCUT2D eigenvalue weighted by Crippen LogP contribution is 2.15. The van der Waals surface area contributed by atoms with Gasteiger partial charge in [-0.2, -0.15) is 0 Å². The number of amides is 1. The predicted molar refractivity (Wildman–Crippen MR) is 92.9 cm³/mol. The van der Waals surface area contributed by atoms with Crippen molar-refractivity contribution >= 4 is 18.3 Å². The molecule has 0 aliphatic rings. The van der Waals surface area contributed by atoms with Gasteiger partial charge in [0.25, 0.3) is 5.91 Å². The molecule has 6 heteroatoms. The largest absolute Gasteiger partial charge is 0.351 e. The van der Waals surface area contributed by atoms with Crippen LogP contribution in [0.5, 0.6) is 0 Å². The smallest absolute Gasteiger partial charge is 0.292 e. The Morgan fingerprint density at radius 1 is 1.26 bits per heavy atom. The minimum atomic E-state index is -0.152. The molecule has 1 heterocycles. The van der Waals surface area contributed by atoms with Gasteiger partial charge in [-0.05, 0) is 17.9 Å². The predicted octanol–water partition coefficient (Wildman–Crippen LogP) is 2.86. The highest BCUT2D eigenvalue weighted by atomic mass is 35.5. The van der Waals surface area contributed by atoms with E-state index in [2.05, 4.69) is 17.3 Å². The lowest BCUT2D eigenvalue weighted by atomic mass is 10.1. The normalized spacial score (nSPS) is 10.4. The highest BCUT2D eigenvalue weighted by Gasteiger charge is 2.20. The van der Waals surface area contributed by atoms with Crippen LogP contribution >= 0.6 is 12.4 Å². The Labute approximate surface area is 143 Å². The first-order valence-electron chi connectivity index (χ1n) is 7.61. The lowest BCUT2D eigenvalue weighted by Crippen LogP contribution is -2.36. The van der Waals surface area contributed by atoms with Gasteiger partial charge in [-0.25, -0.2) is 0 Å². The number of nitrogens with two attached hydrogens (primary N) is 1. The standard InChI is InChI=1S/C17H23N3O2.ClH/c1-13(2)15-12-16(22-19-15)17(21)20(11-9-18)10-8-14-6-4-3-5-7-14;/h3-7,12-13H,8-11,18H2,1-2H3;1H. The van der Waals surface area contributed by atoms with E-state index in [4.69, 9.17) is 10.3 Å². The van der Waals surface area contributed by atoms with Crippen LogP contribution in [0, 0.1) is 0 Å². The van der Waals surface area contributed by atoms with Gasteiger partial charge in [0.1, 0.15) is 0 Å². The summed E-state index contributed by atoms with van der Waals surface area (Å²) in [5.74, 6) is 0.364. The molecule has 0 saturated heterocycles. The molecule has 0 aliphatic heterocycles. The summed E-state index contributed by atoms with van der Waals surface area (Å²) in [7, 11) is 0. The van der Waals surface area contributed by atoms with E-state index in [-0.39, 0.29) is 30.0 Å². The summed E-state index contributed by atoms with van der Waals surface area (Å²) in [6, 6.07) is 11.8. The number of aromatic nitrogens is 1. The summed E-state index contributed by atoms with van der Waals surface area (Å²) < 4.78 is 5.19. The van der Waals surface area contributed by atoms with Crippen LogP contribution in [-0.4, -0.2) is 35.6 Å². The SMILES string of the molecule is CC(C)c1cc(C(=O)N(CCN)CCc2ccccc2)on1.Cl. The molecule has 1 amide bonds. The monoisotopic (exact) mass is 337 g/mol. The van der Waals surface area contributed by atoms with E-state index in [1.165, 1.54) is 5.56 Å². The number of nitrogens with zero attached hydrogens (tertiary/aromatic N) is 2. The number of hydrogen-bond acceptors (Lipinski definition) is 4. The number of carbonyl (C=O) groups is 1. The summed E-state index contributed by atoms with van der Waals surface area (Å²) in [6.45, 7) is 5.56. The van der Waals surface area contributed by atoms with Gasteiger partial charge in [-0.1, -0.05) is 49.3 Å². The summed E-state index contributed by atoms with van der Waals surface area (Å²) in [5.41, 5.74) is 7.61. The van der Waals surface area contributed by atoms with Crippen molar-refractivity contribution in [2.75, 3.05) is 19.6 Å². The van der Waals surface area contributed by atoms with Crippen LogP contribution in [0.25, 0.3) is 0 Å². The van der Waals surface area contributed by atoms with Gasteiger partial charge >= 0.3 is 0 Å². The summed E-state index contributed by atoms with van der Waals surface area (Å²) in [5, 5.41) is 3.94. The molecule has 1 aromatic carbocycles. The number of rotatable bonds is 7. The Morgan fingerprint density at radius 3 is 2.52 bits per heavy atom. The average Bonchev–Trinajstić information content (AvgIpc) is 3.02. The molecule has 0 bridgehead atoms. The van der Waals surface area contributed by atoms with Crippen molar-refractivity contribution in [1.29, 1.82) is 0 Å². The van der Waals surface area contributed by atoms with Crippen molar-refractivity contribution < 1.29 is 9.32 Å². The molecule has 2 N–H and O–H groups in total. The zero-order chi connectivity index (χ0) is 15.9. The third kappa shape index (κ3) is 5.37. The summed E-state index contributed by atoms with van der Waals surface area (Å²) in [6.07, 6.45) is 0.789. The van der Waals surface area contributed by atoms with Gasteiger partial charge in [0, 0.05) is 25.7 Å². The molecular formula is C17H24ClN3O2. The quantitative estimate of drug-likeness (QED) is 0.843. The molecule has 0 aliphatic carbocycles. The van der Waals surface area contributed by atoms with Crippen LogP contribution in [0.2, 0.25) is 0 Å². The van der Waals surface area contributed by atoms with Crippen molar-refractivity contribution in [3.05, 3.63) is 53.4 Å². The van der Waals surface area contributed by atoms with Gasteiger partial charge in [0.05, 0.1) is 5.69 Å². The number of hydrogen-bond donors (Lipinski definition) is 1. The molecule has 0 fully saturated rings. The molecule has 5 nitrogen and oxygen atoms in total. The molecule has 0 radical (unpaired) electrons. The van der Waals surface area contributed by atoms with Crippen LogP contribution in [0.1, 0.15) is 41.6 Å². The van der Waals surface area contributed by atoms with Crippen LogP contribution in [0.15, 0.2) is 40.9 Å². The zero-order valence-corrected chi connectivity index (χ0v) is 14.4. The van der Waals surface area contributed by atoms with Crippen LogP contribution in [-0.2, 0) is 6.42 Å². The third-order valence-electron chi connectivity index (χ3n) is 3.53. The third-order valence-corrected chi connectivity index (χ3v) is 3.53. The van der Waals surface area contributed by atoms with Crippen molar-refractivity contribution in [3.8, 4) is 0 Å². The topological polar surface area (TPSA) is 72.4 Å². The molecule has 0 spiro atoms. The number of carbonyl (C=O) groups excluding carboxylic acids is 1. The van der Waals surface area contributed by atoms with Crippen molar-refractivity contribution in [3.63, 3.8) is 0 Å². The van der Waals surface area contributed by atoms with Gasteiger partial charge in [0.2, 0.25) is 5.76 Å². The van der Waals surface area contributed by atoms with E-state index in [0.717, 1.165) is 12.1 Å². The van der Waals surface area contributed by atoms with Gasteiger partial charge in [-0.3, -0.25) is 4.79 Å². The van der Waals surface area contributed by atoms with E-state index in [1.807, 2.05) is 32.0 Å². The van der Waals surface area contributed by atoms with Crippen molar-refractivity contribution in [2.45, 2.75) is 26.2 Å². The first-order valence-corrected chi connectivity index (χ1v) is 7.61. The van der Waals surface area contributed by atoms with Gasteiger partial charge < -0.3 is 15.2 Å². The van der Waals surface area contributed by atoms with Gasteiger partial charge in [0.15, 0.2) is 0 Å². The minimum Gasteiger partial charge on any atom is -0.351 e. The van der Waals surface area contributed by atoms with Crippen molar-refractivity contribution in [1.82, 2.24) is 10.1 Å². The van der Waals surface area contributed by atoms with E-state index in [0.29, 0.717) is 19.6 Å².